The molecular formula is C39H40O9. The van der Waals surface area contributed by atoms with Gasteiger partial charge in [0.2, 0.25) is 5.43 Å². The molecule has 1 unspecified atom stereocenters. The molecule has 0 bridgehead atoms. The Balaban J connectivity index is 1.67. The first-order valence-corrected chi connectivity index (χ1v) is 15.8. The van der Waals surface area contributed by atoms with Crippen LogP contribution in [0.25, 0.3) is 22.3 Å². The highest BCUT2D eigenvalue weighted by atomic mass is 16.3. The predicted molar refractivity (Wildman–Crippen MR) is 184 cm³/mol. The van der Waals surface area contributed by atoms with Gasteiger partial charge in [-0.2, -0.15) is 0 Å². The summed E-state index contributed by atoms with van der Waals surface area (Å²) in [5.74, 6) is -3.38. The summed E-state index contributed by atoms with van der Waals surface area (Å²) in [5.41, 5.74) is 2.88. The van der Waals surface area contributed by atoms with E-state index in [4.69, 9.17) is 4.42 Å². The molecule has 1 aliphatic carbocycles. The zero-order chi connectivity index (χ0) is 35.0. The number of carbonyl (C=O) groups excluding carboxylic acids is 1. The first kappa shape index (κ1) is 33.9. The molecule has 0 fully saturated rings. The van der Waals surface area contributed by atoms with Gasteiger partial charge in [-0.05, 0) is 84.6 Å². The molecule has 0 aliphatic heterocycles. The quantitative estimate of drug-likeness (QED) is 0.0815. The Morgan fingerprint density at radius 1 is 0.833 bits per heavy atom. The lowest BCUT2D eigenvalue weighted by Gasteiger charge is -2.28. The van der Waals surface area contributed by atoms with Crippen molar-refractivity contribution in [1.82, 2.24) is 0 Å². The number of hydrogen-bond donors (Lipinski definition) is 6. The zero-order valence-corrected chi connectivity index (χ0v) is 27.6. The van der Waals surface area contributed by atoms with Crippen molar-refractivity contribution in [3.63, 3.8) is 0 Å². The highest BCUT2D eigenvalue weighted by Crippen LogP contribution is 2.47. The van der Waals surface area contributed by atoms with E-state index in [1.807, 2.05) is 52.8 Å². The maximum Gasteiger partial charge on any atom is 0.200 e. The van der Waals surface area contributed by atoms with Crippen LogP contribution in [0.1, 0.15) is 80.4 Å². The normalized spacial score (nSPS) is 16.0. The number of phenolic OH excluding ortho intramolecular Hbond substituents is 6. The van der Waals surface area contributed by atoms with Crippen molar-refractivity contribution in [1.29, 1.82) is 0 Å². The van der Waals surface area contributed by atoms with Crippen LogP contribution in [-0.4, -0.2) is 36.4 Å². The van der Waals surface area contributed by atoms with Gasteiger partial charge in [0.15, 0.2) is 5.78 Å². The number of aromatic hydroxyl groups is 6. The lowest BCUT2D eigenvalue weighted by Crippen LogP contribution is -2.22. The average Bonchev–Trinajstić information content (AvgIpc) is 2.99. The van der Waals surface area contributed by atoms with Crippen molar-refractivity contribution in [2.45, 2.75) is 66.2 Å². The van der Waals surface area contributed by atoms with E-state index in [1.165, 1.54) is 24.3 Å². The first-order chi connectivity index (χ1) is 22.7. The number of phenols is 6. The molecule has 0 radical (unpaired) electrons. The van der Waals surface area contributed by atoms with Crippen molar-refractivity contribution in [3.8, 4) is 45.8 Å². The third-order valence-electron chi connectivity index (χ3n) is 8.77. The van der Waals surface area contributed by atoms with Gasteiger partial charge in [0.05, 0.1) is 11.1 Å². The van der Waals surface area contributed by atoms with E-state index in [0.717, 1.165) is 28.9 Å². The number of rotatable bonds is 8. The Morgan fingerprint density at radius 2 is 1.50 bits per heavy atom. The summed E-state index contributed by atoms with van der Waals surface area (Å²) in [6.07, 6.45) is 6.45. The van der Waals surface area contributed by atoms with Gasteiger partial charge in [0.1, 0.15) is 51.2 Å². The molecular weight excluding hydrogens is 612 g/mol. The summed E-state index contributed by atoms with van der Waals surface area (Å²) < 4.78 is 6.39. The van der Waals surface area contributed by atoms with E-state index in [0.29, 0.717) is 6.42 Å². The largest absolute Gasteiger partial charge is 0.508 e. The zero-order valence-electron chi connectivity index (χ0n) is 27.6. The summed E-state index contributed by atoms with van der Waals surface area (Å²) in [5, 5.41) is 64.3. The second-order valence-corrected chi connectivity index (χ2v) is 13.0. The van der Waals surface area contributed by atoms with Gasteiger partial charge in [-0.25, -0.2) is 0 Å². The molecule has 250 valence electrons. The number of ketones is 1. The van der Waals surface area contributed by atoms with Crippen LogP contribution in [0.2, 0.25) is 0 Å². The molecule has 0 saturated carbocycles. The molecule has 0 spiro atoms. The fraction of sp³-hybridized carbons (Fsp3) is 0.282. The lowest BCUT2D eigenvalue weighted by molar-refractivity contribution is 0.0902. The van der Waals surface area contributed by atoms with Crippen molar-refractivity contribution >= 4 is 16.8 Å². The third-order valence-corrected chi connectivity index (χ3v) is 8.77. The number of allylic oxidation sites excluding steroid dienone is 6. The Labute approximate surface area is 278 Å². The standard InChI is InChI=1S/C39H40O9/c1-19(2)6-9-25-29(41)13-12-27(36(25)46)35(45)23-15-21(5)14-22(16-23)33-31(43)18-32(44)34-37(47)28(10-7-20(3)4)38(48-39(33)34)26-11-8-24(40)17-30(26)42/h6-8,11-14,17-18,22-23,40-44,46H,9-10,15-16H2,1-5H3/t22-,23?/m0/s1. The molecule has 1 aliphatic rings. The van der Waals surface area contributed by atoms with E-state index < -0.39 is 23.0 Å². The number of benzene rings is 3. The predicted octanol–water partition coefficient (Wildman–Crippen LogP) is 8.03. The van der Waals surface area contributed by atoms with Crippen molar-refractivity contribution < 1.29 is 39.9 Å². The Kier molecular flexibility index (Phi) is 9.43. The van der Waals surface area contributed by atoms with Crippen LogP contribution in [0.4, 0.5) is 0 Å². The SMILES string of the molecule is CC(C)=CCc1c(O)ccc(C(=O)C2CC(C)=C[C@H](c3c(O)cc(O)c4c(=O)c(CC=C(C)C)c(-c5ccc(O)cc5O)oc34)C2)c1O. The third kappa shape index (κ3) is 6.53. The second-order valence-electron chi connectivity index (χ2n) is 13.0. The van der Waals surface area contributed by atoms with E-state index >= 15 is 0 Å². The van der Waals surface area contributed by atoms with Crippen LogP contribution >= 0.6 is 0 Å². The van der Waals surface area contributed by atoms with Gasteiger partial charge in [-0.1, -0.05) is 34.9 Å². The minimum Gasteiger partial charge on any atom is -0.508 e. The maximum atomic E-state index is 14.1. The van der Waals surface area contributed by atoms with Crippen LogP contribution in [0.3, 0.4) is 0 Å². The summed E-state index contributed by atoms with van der Waals surface area (Å²) in [7, 11) is 0. The number of carbonyl (C=O) groups is 1. The smallest absolute Gasteiger partial charge is 0.200 e. The minimum absolute atomic E-state index is 0.01000. The molecule has 4 aromatic rings. The molecule has 0 saturated heterocycles. The molecule has 1 heterocycles. The van der Waals surface area contributed by atoms with Crippen LogP contribution in [0.15, 0.2) is 80.6 Å². The van der Waals surface area contributed by atoms with E-state index in [-0.39, 0.29) is 98.3 Å². The van der Waals surface area contributed by atoms with Crippen molar-refractivity contribution in [2.24, 2.45) is 5.92 Å². The first-order valence-electron chi connectivity index (χ1n) is 15.8. The Morgan fingerprint density at radius 3 is 2.15 bits per heavy atom. The highest BCUT2D eigenvalue weighted by molar-refractivity contribution is 6.01. The Hall–Kier alpha value is -5.44. The van der Waals surface area contributed by atoms with Gasteiger partial charge in [-0.15, -0.1) is 0 Å². The van der Waals surface area contributed by atoms with Gasteiger partial charge in [0.25, 0.3) is 0 Å². The highest BCUT2D eigenvalue weighted by Gasteiger charge is 2.34. The fourth-order valence-electron chi connectivity index (χ4n) is 6.38. The van der Waals surface area contributed by atoms with Crippen molar-refractivity contribution in [3.05, 3.63) is 104 Å². The molecule has 48 heavy (non-hydrogen) atoms. The van der Waals surface area contributed by atoms with Gasteiger partial charge in [-0.3, -0.25) is 9.59 Å². The number of Topliss-reactive ketones (excluding diaryl/α,β-unsaturated/α-hetero) is 1. The topological polar surface area (TPSA) is 169 Å². The number of hydrogen-bond acceptors (Lipinski definition) is 9. The van der Waals surface area contributed by atoms with E-state index in [9.17, 15) is 40.2 Å². The molecule has 1 aromatic heterocycles. The molecule has 2 atom stereocenters. The van der Waals surface area contributed by atoms with Gasteiger partial charge >= 0.3 is 0 Å². The molecule has 6 N–H and O–H groups in total. The fourth-order valence-corrected chi connectivity index (χ4v) is 6.38. The van der Waals surface area contributed by atoms with Crippen LogP contribution in [0, 0.1) is 5.92 Å². The second kappa shape index (κ2) is 13.4. The molecule has 0 amide bonds. The lowest BCUT2D eigenvalue weighted by atomic mass is 9.75. The van der Waals surface area contributed by atoms with Gasteiger partial charge in [0, 0.05) is 40.7 Å². The van der Waals surface area contributed by atoms with Crippen LogP contribution in [-0.2, 0) is 12.8 Å². The molecule has 3 aromatic carbocycles. The Bertz CT molecular complexity index is 2090. The monoisotopic (exact) mass is 652 g/mol. The van der Waals surface area contributed by atoms with Crippen LogP contribution < -0.4 is 5.43 Å². The maximum absolute atomic E-state index is 14.1. The molecule has 5 rings (SSSR count). The summed E-state index contributed by atoms with van der Waals surface area (Å²) in [4.78, 5) is 28.1. The van der Waals surface area contributed by atoms with E-state index in [1.54, 1.807) is 0 Å². The number of fused-ring (bicyclic) bond motifs is 1. The molecule has 9 heteroatoms. The molecule has 9 nitrogen and oxygen atoms in total. The van der Waals surface area contributed by atoms with Crippen molar-refractivity contribution in [2.75, 3.05) is 0 Å². The summed E-state index contributed by atoms with van der Waals surface area (Å²) in [6.45, 7) is 9.36. The van der Waals surface area contributed by atoms with Gasteiger partial charge < -0.3 is 35.1 Å². The minimum atomic E-state index is -0.645. The van der Waals surface area contributed by atoms with E-state index in [2.05, 4.69) is 0 Å². The van der Waals surface area contributed by atoms with Crippen LogP contribution in [0.5, 0.6) is 34.5 Å². The summed E-state index contributed by atoms with van der Waals surface area (Å²) in [6, 6.07) is 7.77. The average molecular weight is 653 g/mol. The summed E-state index contributed by atoms with van der Waals surface area (Å²) >= 11 is 0.